The second kappa shape index (κ2) is 9.48. The highest BCUT2D eigenvalue weighted by Gasteiger charge is 2.13. The molecule has 168 valence electrons. The van der Waals surface area contributed by atoms with Crippen LogP contribution < -0.4 is 4.72 Å². The molecule has 0 heterocycles. The molecule has 0 unspecified atom stereocenters. The van der Waals surface area contributed by atoms with Gasteiger partial charge in [0.05, 0.1) is 9.79 Å². The molecule has 0 radical (unpaired) electrons. The van der Waals surface area contributed by atoms with E-state index in [1.54, 1.807) is 60.7 Å². The third-order valence-electron chi connectivity index (χ3n) is 4.87. The Morgan fingerprint density at radius 1 is 0.576 bits per heavy atom. The maximum Gasteiger partial charge on any atom is 0.261 e. The number of nitrogens with zero attached hydrogens (tertiary/aromatic N) is 1. The van der Waals surface area contributed by atoms with E-state index in [2.05, 4.69) is 9.44 Å². The van der Waals surface area contributed by atoms with Gasteiger partial charge >= 0.3 is 0 Å². The van der Waals surface area contributed by atoms with Crippen LogP contribution in [0.2, 0.25) is 0 Å². The lowest BCUT2D eigenvalue weighted by atomic mass is 10.0. The Morgan fingerprint density at radius 2 is 1.06 bits per heavy atom. The van der Waals surface area contributed by atoms with Crippen molar-refractivity contribution in [3.05, 3.63) is 125 Å². The predicted octanol–water partition coefficient (Wildman–Crippen LogP) is 5.47. The van der Waals surface area contributed by atoms with Crippen molar-refractivity contribution in [1.29, 1.82) is 0 Å². The van der Waals surface area contributed by atoms with Gasteiger partial charge in [0, 0.05) is 5.69 Å². The summed E-state index contributed by atoms with van der Waals surface area (Å²) in [5.41, 5.74) is 2.79. The normalized spacial score (nSPS) is 11.6. The summed E-state index contributed by atoms with van der Waals surface area (Å²) < 4.78 is 56.1. The molecular formula is C25H21N2O4S2-. The van der Waals surface area contributed by atoms with Crippen LogP contribution in [0.5, 0.6) is 0 Å². The number of anilines is 1. The topological polar surface area (TPSA) is 94.4 Å². The summed E-state index contributed by atoms with van der Waals surface area (Å²) >= 11 is 0. The lowest BCUT2D eigenvalue weighted by molar-refractivity contribution is 0.600. The van der Waals surface area contributed by atoms with Gasteiger partial charge in [-0.05, 0) is 53.9 Å². The highest BCUT2D eigenvalue weighted by atomic mass is 32.2. The van der Waals surface area contributed by atoms with Crippen LogP contribution in [0, 0.1) is 0 Å². The second-order valence-corrected chi connectivity index (χ2v) is 10.6. The van der Waals surface area contributed by atoms with Crippen LogP contribution in [0.4, 0.5) is 11.4 Å². The van der Waals surface area contributed by atoms with E-state index in [1.807, 2.05) is 24.3 Å². The van der Waals surface area contributed by atoms with Crippen LogP contribution in [0.3, 0.4) is 0 Å². The molecule has 4 aromatic rings. The van der Waals surface area contributed by atoms with Gasteiger partial charge < -0.3 is 4.72 Å². The van der Waals surface area contributed by atoms with Crippen LogP contribution in [0.25, 0.3) is 4.72 Å². The first-order valence-corrected chi connectivity index (χ1v) is 13.0. The van der Waals surface area contributed by atoms with Crippen LogP contribution in [0.1, 0.15) is 11.1 Å². The summed E-state index contributed by atoms with van der Waals surface area (Å²) in [7, 11) is -7.39. The van der Waals surface area contributed by atoms with Gasteiger partial charge in [-0.2, -0.15) is 0 Å². The van der Waals surface area contributed by atoms with Crippen molar-refractivity contribution in [3.8, 4) is 0 Å². The molecule has 1 N–H and O–H groups in total. The molecule has 4 rings (SSSR count). The summed E-state index contributed by atoms with van der Waals surface area (Å²) in [4.78, 5) is 0.353. The molecule has 0 atom stereocenters. The fourth-order valence-electron chi connectivity index (χ4n) is 3.20. The average molecular weight is 478 g/mol. The Kier molecular flexibility index (Phi) is 6.48. The fraction of sp³-hybridized carbons (Fsp3) is 0.0400. The van der Waals surface area contributed by atoms with Gasteiger partial charge in [-0.1, -0.05) is 72.8 Å². The van der Waals surface area contributed by atoms with E-state index in [0.717, 1.165) is 11.1 Å². The van der Waals surface area contributed by atoms with E-state index in [9.17, 15) is 16.8 Å². The van der Waals surface area contributed by atoms with E-state index in [4.69, 9.17) is 0 Å². The molecule has 6 nitrogen and oxygen atoms in total. The monoisotopic (exact) mass is 477 g/mol. The van der Waals surface area contributed by atoms with Crippen LogP contribution in [0.15, 0.2) is 119 Å². The van der Waals surface area contributed by atoms with Gasteiger partial charge in [0.15, 0.2) is 0 Å². The number of rotatable bonds is 8. The van der Waals surface area contributed by atoms with Crippen molar-refractivity contribution < 1.29 is 16.8 Å². The summed E-state index contributed by atoms with van der Waals surface area (Å²) in [6.45, 7) is 0. The van der Waals surface area contributed by atoms with E-state index in [-0.39, 0.29) is 9.79 Å². The van der Waals surface area contributed by atoms with Crippen LogP contribution in [-0.2, 0) is 26.5 Å². The zero-order chi connectivity index (χ0) is 23.3. The second-order valence-electron chi connectivity index (χ2n) is 7.34. The zero-order valence-electron chi connectivity index (χ0n) is 17.5. The molecule has 0 spiro atoms. The molecule has 0 aliphatic carbocycles. The van der Waals surface area contributed by atoms with Gasteiger partial charge in [0.25, 0.3) is 10.0 Å². The van der Waals surface area contributed by atoms with E-state index < -0.39 is 20.0 Å². The number of nitrogens with one attached hydrogen (secondary N) is 1. The maximum absolute atomic E-state index is 12.4. The molecule has 33 heavy (non-hydrogen) atoms. The Balaban J connectivity index is 1.39. The minimum Gasteiger partial charge on any atom is -0.573 e. The van der Waals surface area contributed by atoms with Crippen molar-refractivity contribution in [2.75, 3.05) is 4.72 Å². The molecule has 0 aromatic heterocycles. The van der Waals surface area contributed by atoms with Gasteiger partial charge in [-0.25, -0.2) is 16.8 Å². The third-order valence-corrected chi connectivity index (χ3v) is 7.59. The Morgan fingerprint density at radius 3 is 1.61 bits per heavy atom. The van der Waals surface area contributed by atoms with Crippen molar-refractivity contribution in [3.63, 3.8) is 0 Å². The molecule has 8 heteroatoms. The van der Waals surface area contributed by atoms with Crippen LogP contribution >= 0.6 is 0 Å². The molecule has 0 amide bonds. The summed E-state index contributed by atoms with van der Waals surface area (Å²) in [5.74, 6) is 0. The SMILES string of the molecule is O=S(=O)([N-]c1ccc(Cc2ccc(NS(=O)(=O)c3ccccc3)cc2)cc1)c1ccccc1. The fourth-order valence-corrected chi connectivity index (χ4v) is 5.28. The first-order chi connectivity index (χ1) is 15.8. The maximum atomic E-state index is 12.4. The first-order valence-electron chi connectivity index (χ1n) is 10.1. The van der Waals surface area contributed by atoms with Crippen molar-refractivity contribution in [2.45, 2.75) is 16.2 Å². The summed E-state index contributed by atoms with van der Waals surface area (Å²) in [6, 6.07) is 30.4. The number of hydrogen-bond acceptors (Lipinski definition) is 4. The lowest BCUT2D eigenvalue weighted by Crippen LogP contribution is -2.12. The molecule has 4 aromatic carbocycles. The van der Waals surface area contributed by atoms with Gasteiger partial charge in [0.2, 0.25) is 0 Å². The van der Waals surface area contributed by atoms with Crippen molar-refractivity contribution in [1.82, 2.24) is 0 Å². The quantitative estimate of drug-likeness (QED) is 0.364. The lowest BCUT2D eigenvalue weighted by Gasteiger charge is -2.22. The third kappa shape index (κ3) is 5.79. The smallest absolute Gasteiger partial charge is 0.261 e. The number of hydrogen-bond donors (Lipinski definition) is 1. The largest absolute Gasteiger partial charge is 0.573 e. The Hall–Kier alpha value is -3.62. The highest BCUT2D eigenvalue weighted by molar-refractivity contribution is 7.94. The van der Waals surface area contributed by atoms with E-state index in [1.165, 1.54) is 24.3 Å². The molecule has 0 aliphatic heterocycles. The van der Waals surface area contributed by atoms with E-state index >= 15 is 0 Å². The van der Waals surface area contributed by atoms with Crippen LogP contribution in [-0.4, -0.2) is 16.8 Å². The molecular weight excluding hydrogens is 456 g/mol. The Bertz CT molecular complexity index is 1310. The van der Waals surface area contributed by atoms with E-state index in [0.29, 0.717) is 17.8 Å². The number of sulfonamides is 2. The Labute approximate surface area is 194 Å². The zero-order valence-corrected chi connectivity index (χ0v) is 19.1. The molecule has 0 saturated heterocycles. The minimum absolute atomic E-state index is 0.150. The van der Waals surface area contributed by atoms with Gasteiger partial charge in [-0.15, -0.1) is 5.69 Å². The van der Waals surface area contributed by atoms with Gasteiger partial charge in [0.1, 0.15) is 10.0 Å². The molecule has 0 aliphatic rings. The first kappa shape index (κ1) is 22.6. The van der Waals surface area contributed by atoms with Gasteiger partial charge in [-0.3, -0.25) is 4.72 Å². The number of benzene rings is 4. The summed E-state index contributed by atoms with van der Waals surface area (Å²) in [5, 5.41) is 0. The van der Waals surface area contributed by atoms with Crippen molar-refractivity contribution >= 4 is 31.4 Å². The molecule has 0 bridgehead atoms. The predicted molar refractivity (Wildman–Crippen MR) is 130 cm³/mol. The standard InChI is InChI=1S/C25H21N2O4S2/c28-32(29,24-7-3-1-4-8-24)26-22-15-11-20(12-16-22)19-21-13-17-23(18-14-21)27-33(30,31)25-9-5-2-6-10-25/h1-18,26H,19H2/q-1. The molecule has 0 saturated carbocycles. The molecule has 0 fully saturated rings. The highest BCUT2D eigenvalue weighted by Crippen LogP contribution is 2.28. The average Bonchev–Trinajstić information content (AvgIpc) is 2.82. The summed E-state index contributed by atoms with van der Waals surface area (Å²) in [6.07, 6.45) is 0.609. The van der Waals surface area contributed by atoms with Crippen molar-refractivity contribution in [2.24, 2.45) is 0 Å². The minimum atomic E-state index is -3.76.